The van der Waals surface area contributed by atoms with Crippen LogP contribution in [-0.2, 0) is 6.42 Å². The van der Waals surface area contributed by atoms with E-state index in [4.69, 9.17) is 4.52 Å². The SMILES string of the molecule is CCc1cc(C2CC2)on1. The van der Waals surface area contributed by atoms with Gasteiger partial charge in [0.15, 0.2) is 0 Å². The molecule has 2 rings (SSSR count). The molecule has 0 spiro atoms. The van der Waals surface area contributed by atoms with Crippen LogP contribution < -0.4 is 0 Å². The molecule has 2 heteroatoms. The average Bonchev–Trinajstić information content (AvgIpc) is 2.70. The Morgan fingerprint density at radius 1 is 1.70 bits per heavy atom. The Morgan fingerprint density at radius 2 is 2.50 bits per heavy atom. The highest BCUT2D eigenvalue weighted by Gasteiger charge is 2.27. The van der Waals surface area contributed by atoms with E-state index >= 15 is 0 Å². The third kappa shape index (κ3) is 0.939. The van der Waals surface area contributed by atoms with Crippen molar-refractivity contribution in [2.75, 3.05) is 0 Å². The zero-order chi connectivity index (χ0) is 6.97. The van der Waals surface area contributed by atoms with Crippen LogP contribution in [0.5, 0.6) is 0 Å². The molecule has 0 radical (unpaired) electrons. The first-order valence-corrected chi connectivity index (χ1v) is 3.85. The lowest BCUT2D eigenvalue weighted by atomic mass is 10.2. The van der Waals surface area contributed by atoms with Gasteiger partial charge in [0.25, 0.3) is 0 Å². The predicted molar refractivity (Wildman–Crippen MR) is 37.9 cm³/mol. The lowest BCUT2D eigenvalue weighted by molar-refractivity contribution is 0.379. The summed E-state index contributed by atoms with van der Waals surface area (Å²) in [7, 11) is 0. The van der Waals surface area contributed by atoms with Crippen LogP contribution >= 0.6 is 0 Å². The molecular formula is C8H11NO. The fraction of sp³-hybridized carbons (Fsp3) is 0.625. The van der Waals surface area contributed by atoms with Gasteiger partial charge in [-0.2, -0.15) is 0 Å². The second kappa shape index (κ2) is 2.11. The molecule has 0 bridgehead atoms. The van der Waals surface area contributed by atoms with E-state index in [2.05, 4.69) is 18.1 Å². The Labute approximate surface area is 60.2 Å². The summed E-state index contributed by atoms with van der Waals surface area (Å²) < 4.78 is 5.13. The fourth-order valence-corrected chi connectivity index (χ4v) is 1.06. The average molecular weight is 137 g/mol. The molecular weight excluding hydrogens is 126 g/mol. The molecule has 0 unspecified atom stereocenters. The van der Waals surface area contributed by atoms with Crippen molar-refractivity contribution < 1.29 is 4.52 Å². The summed E-state index contributed by atoms with van der Waals surface area (Å²) in [5.74, 6) is 1.80. The van der Waals surface area contributed by atoms with Gasteiger partial charge in [0.1, 0.15) is 5.76 Å². The van der Waals surface area contributed by atoms with E-state index in [0.717, 1.165) is 17.9 Å². The van der Waals surface area contributed by atoms with Crippen molar-refractivity contribution in [2.45, 2.75) is 32.1 Å². The third-order valence-corrected chi connectivity index (χ3v) is 1.92. The van der Waals surface area contributed by atoms with E-state index in [-0.39, 0.29) is 0 Å². The molecule has 0 amide bonds. The van der Waals surface area contributed by atoms with Crippen molar-refractivity contribution in [3.63, 3.8) is 0 Å². The summed E-state index contributed by atoms with van der Waals surface area (Å²) >= 11 is 0. The molecule has 2 nitrogen and oxygen atoms in total. The maximum atomic E-state index is 5.13. The normalized spacial score (nSPS) is 17.7. The maximum absolute atomic E-state index is 5.13. The number of hydrogen-bond donors (Lipinski definition) is 0. The smallest absolute Gasteiger partial charge is 0.140 e. The highest BCUT2D eigenvalue weighted by Crippen LogP contribution is 2.40. The quantitative estimate of drug-likeness (QED) is 0.624. The van der Waals surface area contributed by atoms with Crippen LogP contribution in [0.4, 0.5) is 0 Å². The van der Waals surface area contributed by atoms with Gasteiger partial charge < -0.3 is 4.52 Å². The maximum Gasteiger partial charge on any atom is 0.140 e. The Hall–Kier alpha value is -0.790. The number of nitrogens with zero attached hydrogens (tertiary/aromatic N) is 1. The van der Waals surface area contributed by atoms with Crippen LogP contribution in [-0.4, -0.2) is 5.16 Å². The van der Waals surface area contributed by atoms with Crippen LogP contribution in [0, 0.1) is 0 Å². The van der Waals surface area contributed by atoms with Gasteiger partial charge >= 0.3 is 0 Å². The van der Waals surface area contributed by atoms with Gasteiger partial charge in [0.2, 0.25) is 0 Å². The van der Waals surface area contributed by atoms with Crippen molar-refractivity contribution in [1.82, 2.24) is 5.16 Å². The largest absolute Gasteiger partial charge is 0.361 e. The Balaban J connectivity index is 2.19. The molecule has 54 valence electrons. The van der Waals surface area contributed by atoms with E-state index in [1.54, 1.807) is 0 Å². The van der Waals surface area contributed by atoms with Gasteiger partial charge in [0.05, 0.1) is 5.69 Å². The van der Waals surface area contributed by atoms with E-state index in [9.17, 15) is 0 Å². The number of aryl methyl sites for hydroxylation is 1. The summed E-state index contributed by atoms with van der Waals surface area (Å²) in [5.41, 5.74) is 1.09. The van der Waals surface area contributed by atoms with Crippen LogP contribution in [0.1, 0.15) is 37.1 Å². The molecule has 10 heavy (non-hydrogen) atoms. The summed E-state index contributed by atoms with van der Waals surface area (Å²) in [6, 6.07) is 2.08. The molecule has 1 aromatic heterocycles. The summed E-state index contributed by atoms with van der Waals surface area (Å²) in [6.07, 6.45) is 3.56. The third-order valence-electron chi connectivity index (χ3n) is 1.92. The molecule has 0 saturated heterocycles. The Morgan fingerprint density at radius 3 is 3.00 bits per heavy atom. The van der Waals surface area contributed by atoms with Gasteiger partial charge in [-0.25, -0.2) is 0 Å². The highest BCUT2D eigenvalue weighted by molar-refractivity contribution is 5.14. The zero-order valence-corrected chi connectivity index (χ0v) is 6.13. The summed E-state index contributed by atoms with van der Waals surface area (Å²) in [4.78, 5) is 0. The molecule has 0 atom stereocenters. The van der Waals surface area contributed by atoms with E-state index in [0.29, 0.717) is 5.92 Å². The topological polar surface area (TPSA) is 26.0 Å². The molecule has 1 aliphatic carbocycles. The molecule has 0 aromatic carbocycles. The van der Waals surface area contributed by atoms with Gasteiger partial charge in [-0.1, -0.05) is 12.1 Å². The molecule has 1 fully saturated rings. The van der Waals surface area contributed by atoms with Crippen molar-refractivity contribution in [3.8, 4) is 0 Å². The number of hydrogen-bond acceptors (Lipinski definition) is 2. The van der Waals surface area contributed by atoms with Crippen molar-refractivity contribution >= 4 is 0 Å². The van der Waals surface area contributed by atoms with E-state index in [1.807, 2.05) is 0 Å². The van der Waals surface area contributed by atoms with E-state index in [1.165, 1.54) is 12.8 Å². The fourth-order valence-electron chi connectivity index (χ4n) is 1.06. The van der Waals surface area contributed by atoms with Crippen molar-refractivity contribution in [3.05, 3.63) is 17.5 Å². The monoisotopic (exact) mass is 137 g/mol. The zero-order valence-electron chi connectivity index (χ0n) is 6.13. The summed E-state index contributed by atoms with van der Waals surface area (Å²) in [5, 5.41) is 3.92. The van der Waals surface area contributed by atoms with Crippen molar-refractivity contribution in [2.24, 2.45) is 0 Å². The minimum Gasteiger partial charge on any atom is -0.361 e. The standard InChI is InChI=1S/C8H11NO/c1-2-7-5-8(10-9-7)6-3-4-6/h5-6H,2-4H2,1H3. The van der Waals surface area contributed by atoms with Crippen LogP contribution in [0.15, 0.2) is 10.6 Å². The van der Waals surface area contributed by atoms with Crippen LogP contribution in [0.2, 0.25) is 0 Å². The highest BCUT2D eigenvalue weighted by atomic mass is 16.5. The molecule has 1 saturated carbocycles. The number of rotatable bonds is 2. The van der Waals surface area contributed by atoms with E-state index < -0.39 is 0 Å². The van der Waals surface area contributed by atoms with Crippen molar-refractivity contribution in [1.29, 1.82) is 0 Å². The Bertz CT molecular complexity index is 225. The minimum atomic E-state index is 0.702. The van der Waals surface area contributed by atoms with Gasteiger partial charge in [-0.05, 0) is 19.3 Å². The predicted octanol–water partition coefficient (Wildman–Crippen LogP) is 2.11. The van der Waals surface area contributed by atoms with Crippen LogP contribution in [0.3, 0.4) is 0 Å². The summed E-state index contributed by atoms with van der Waals surface area (Å²) in [6.45, 7) is 2.09. The second-order valence-corrected chi connectivity index (χ2v) is 2.85. The first kappa shape index (κ1) is 5.96. The van der Waals surface area contributed by atoms with Gasteiger partial charge in [0, 0.05) is 12.0 Å². The minimum absolute atomic E-state index is 0.702. The lowest BCUT2D eigenvalue weighted by Crippen LogP contribution is -1.74. The first-order chi connectivity index (χ1) is 4.90. The Kier molecular flexibility index (Phi) is 1.26. The van der Waals surface area contributed by atoms with Crippen LogP contribution in [0.25, 0.3) is 0 Å². The molecule has 1 aliphatic rings. The molecule has 1 aromatic rings. The molecule has 0 N–H and O–H groups in total. The molecule has 0 aliphatic heterocycles. The molecule has 1 heterocycles. The van der Waals surface area contributed by atoms with Gasteiger partial charge in [-0.15, -0.1) is 0 Å². The van der Waals surface area contributed by atoms with Gasteiger partial charge in [-0.3, -0.25) is 0 Å². The second-order valence-electron chi connectivity index (χ2n) is 2.85. The lowest BCUT2D eigenvalue weighted by Gasteiger charge is -1.80. The number of aromatic nitrogens is 1. The first-order valence-electron chi connectivity index (χ1n) is 3.85.